The number of aryl methyl sites for hydroxylation is 1. The molecule has 0 aliphatic heterocycles. The molecule has 0 fully saturated rings. The lowest BCUT2D eigenvalue weighted by molar-refractivity contribution is -0.123. The lowest BCUT2D eigenvalue weighted by Crippen LogP contribution is -2.24. The fourth-order valence-electron chi connectivity index (χ4n) is 3.52. The Labute approximate surface area is 211 Å². The molecule has 3 aromatic carbocycles. The monoisotopic (exact) mass is 482 g/mol. The molecule has 7 heteroatoms. The summed E-state index contributed by atoms with van der Waals surface area (Å²) in [7, 11) is 0. The van der Waals surface area contributed by atoms with E-state index in [-0.39, 0.29) is 12.5 Å². The van der Waals surface area contributed by atoms with Gasteiger partial charge in [0.1, 0.15) is 17.2 Å². The summed E-state index contributed by atoms with van der Waals surface area (Å²) in [6, 6.07) is 25.3. The van der Waals surface area contributed by atoms with E-state index in [1.807, 2.05) is 85.1 Å². The smallest absolute Gasteiger partial charge is 0.277 e. The van der Waals surface area contributed by atoms with Crippen LogP contribution in [-0.4, -0.2) is 35.1 Å². The zero-order valence-electron chi connectivity index (χ0n) is 20.6. The number of para-hydroxylation sites is 1. The Kier molecular flexibility index (Phi) is 8.48. The van der Waals surface area contributed by atoms with Gasteiger partial charge in [0.15, 0.2) is 6.61 Å². The second kappa shape index (κ2) is 12.4. The number of hydrazone groups is 1. The van der Waals surface area contributed by atoms with Gasteiger partial charge in [-0.2, -0.15) is 10.2 Å². The van der Waals surface area contributed by atoms with Crippen LogP contribution in [0.25, 0.3) is 16.9 Å². The predicted molar refractivity (Wildman–Crippen MR) is 142 cm³/mol. The summed E-state index contributed by atoms with van der Waals surface area (Å²) in [6.07, 6.45) is 5.38. The van der Waals surface area contributed by atoms with E-state index in [0.717, 1.165) is 41.1 Å². The first-order valence-electron chi connectivity index (χ1n) is 12.1. The van der Waals surface area contributed by atoms with E-state index >= 15 is 0 Å². The van der Waals surface area contributed by atoms with E-state index in [1.165, 1.54) is 5.56 Å². The first-order valence-corrected chi connectivity index (χ1v) is 12.1. The van der Waals surface area contributed by atoms with Crippen molar-refractivity contribution >= 4 is 12.1 Å². The molecule has 0 atom stereocenters. The van der Waals surface area contributed by atoms with E-state index in [2.05, 4.69) is 24.4 Å². The van der Waals surface area contributed by atoms with Gasteiger partial charge in [0.25, 0.3) is 5.91 Å². The first-order chi connectivity index (χ1) is 17.7. The van der Waals surface area contributed by atoms with Gasteiger partial charge in [-0.1, -0.05) is 44.2 Å². The zero-order valence-corrected chi connectivity index (χ0v) is 20.6. The summed E-state index contributed by atoms with van der Waals surface area (Å²) in [4.78, 5) is 12.3. The summed E-state index contributed by atoms with van der Waals surface area (Å²) < 4.78 is 13.0. The minimum atomic E-state index is -0.347. The fraction of sp³-hybridized carbons (Fsp3) is 0.207. The highest BCUT2D eigenvalue weighted by Gasteiger charge is 2.12. The van der Waals surface area contributed by atoms with Gasteiger partial charge < -0.3 is 9.47 Å². The molecule has 0 unspecified atom stereocenters. The maximum Gasteiger partial charge on any atom is 0.277 e. The predicted octanol–water partition coefficient (Wildman–Crippen LogP) is 5.42. The number of hydrogen-bond donors (Lipinski definition) is 1. The molecule has 1 aromatic heterocycles. The molecule has 1 amide bonds. The van der Waals surface area contributed by atoms with Crippen molar-refractivity contribution in [3.63, 3.8) is 0 Å². The third-order valence-corrected chi connectivity index (χ3v) is 5.46. The number of carbonyl (C=O) groups is 1. The van der Waals surface area contributed by atoms with Gasteiger partial charge >= 0.3 is 0 Å². The van der Waals surface area contributed by atoms with Gasteiger partial charge in [-0.15, -0.1) is 0 Å². The van der Waals surface area contributed by atoms with Crippen molar-refractivity contribution in [3.05, 3.63) is 96.2 Å². The van der Waals surface area contributed by atoms with Crippen LogP contribution in [0.15, 0.2) is 90.2 Å². The van der Waals surface area contributed by atoms with Crippen LogP contribution in [0, 0.1) is 0 Å². The summed E-state index contributed by atoms with van der Waals surface area (Å²) in [6.45, 7) is 4.71. The largest absolute Gasteiger partial charge is 0.494 e. The molecule has 0 saturated heterocycles. The summed E-state index contributed by atoms with van der Waals surface area (Å²) in [5.41, 5.74) is 7.09. The minimum absolute atomic E-state index is 0.127. The van der Waals surface area contributed by atoms with Gasteiger partial charge in [0.05, 0.1) is 18.5 Å². The molecule has 36 heavy (non-hydrogen) atoms. The number of nitrogens with zero attached hydrogens (tertiary/aromatic N) is 3. The van der Waals surface area contributed by atoms with Crippen LogP contribution >= 0.6 is 0 Å². The van der Waals surface area contributed by atoms with Gasteiger partial charge in [0, 0.05) is 17.3 Å². The maximum atomic E-state index is 12.3. The number of rotatable bonds is 11. The standard InChI is InChI=1S/C29H30N4O3/c1-3-18-35-26-16-12-23(13-17-26)29-24(20-33(32-29)25-8-6-5-7-9-25)19-30-31-28(34)21-36-27-14-10-22(4-2)11-15-27/h5-17,19-20H,3-4,18,21H2,1-2H3,(H,31,34)/b30-19+. The number of carbonyl (C=O) groups excluding carboxylic acids is 1. The fourth-order valence-corrected chi connectivity index (χ4v) is 3.52. The molecule has 0 bridgehead atoms. The first kappa shape index (κ1) is 24.7. The number of nitrogens with one attached hydrogen (secondary N) is 1. The Hall–Kier alpha value is -4.39. The van der Waals surface area contributed by atoms with Crippen molar-refractivity contribution in [1.82, 2.24) is 15.2 Å². The van der Waals surface area contributed by atoms with Crippen molar-refractivity contribution < 1.29 is 14.3 Å². The van der Waals surface area contributed by atoms with E-state index in [0.29, 0.717) is 12.4 Å². The molecule has 0 aliphatic carbocycles. The third-order valence-electron chi connectivity index (χ3n) is 5.46. The second-order valence-electron chi connectivity index (χ2n) is 8.17. The van der Waals surface area contributed by atoms with Crippen molar-refractivity contribution in [3.8, 4) is 28.4 Å². The maximum absolute atomic E-state index is 12.3. The summed E-state index contributed by atoms with van der Waals surface area (Å²) in [5, 5.41) is 8.93. The van der Waals surface area contributed by atoms with Crippen LogP contribution in [0.3, 0.4) is 0 Å². The molecule has 4 rings (SSSR count). The van der Waals surface area contributed by atoms with Crippen LogP contribution in [0.2, 0.25) is 0 Å². The number of aromatic nitrogens is 2. The van der Waals surface area contributed by atoms with Crippen molar-refractivity contribution in [2.24, 2.45) is 5.10 Å². The van der Waals surface area contributed by atoms with Crippen molar-refractivity contribution in [2.75, 3.05) is 13.2 Å². The normalized spacial score (nSPS) is 10.9. The van der Waals surface area contributed by atoms with Gasteiger partial charge in [-0.3, -0.25) is 4.79 Å². The summed E-state index contributed by atoms with van der Waals surface area (Å²) >= 11 is 0. The topological polar surface area (TPSA) is 77.7 Å². The van der Waals surface area contributed by atoms with E-state index in [4.69, 9.17) is 14.6 Å². The molecule has 4 aromatic rings. The molecular weight excluding hydrogens is 452 g/mol. The average Bonchev–Trinajstić information content (AvgIpc) is 3.36. The quantitative estimate of drug-likeness (QED) is 0.229. The Bertz CT molecular complexity index is 1280. The number of ether oxygens (including phenoxy) is 2. The lowest BCUT2D eigenvalue weighted by Gasteiger charge is -2.06. The number of hydrogen-bond acceptors (Lipinski definition) is 5. The SMILES string of the molecule is CCCOc1ccc(-c2nn(-c3ccccc3)cc2/C=N/NC(=O)COc2ccc(CC)cc2)cc1. The highest BCUT2D eigenvalue weighted by atomic mass is 16.5. The lowest BCUT2D eigenvalue weighted by atomic mass is 10.1. The van der Waals surface area contributed by atoms with Gasteiger partial charge in [-0.05, 0) is 66.9 Å². The Morgan fingerprint density at radius 1 is 0.944 bits per heavy atom. The third kappa shape index (κ3) is 6.60. The van der Waals surface area contributed by atoms with Crippen LogP contribution in [0.5, 0.6) is 11.5 Å². The molecule has 0 aliphatic rings. The Balaban J connectivity index is 1.47. The molecule has 184 valence electrons. The molecule has 7 nitrogen and oxygen atoms in total. The van der Waals surface area contributed by atoms with Crippen molar-refractivity contribution in [1.29, 1.82) is 0 Å². The van der Waals surface area contributed by atoms with Gasteiger partial charge in [-0.25, -0.2) is 10.1 Å². The van der Waals surface area contributed by atoms with E-state index in [9.17, 15) is 4.79 Å². The zero-order chi connectivity index (χ0) is 25.2. The molecular formula is C29H30N4O3. The second-order valence-corrected chi connectivity index (χ2v) is 8.17. The highest BCUT2D eigenvalue weighted by molar-refractivity contribution is 5.89. The molecule has 0 spiro atoms. The number of amides is 1. The van der Waals surface area contributed by atoms with Crippen LogP contribution < -0.4 is 14.9 Å². The van der Waals surface area contributed by atoms with Crippen LogP contribution in [0.1, 0.15) is 31.4 Å². The van der Waals surface area contributed by atoms with Gasteiger partial charge in [0.2, 0.25) is 0 Å². The van der Waals surface area contributed by atoms with Crippen LogP contribution in [0.4, 0.5) is 0 Å². The van der Waals surface area contributed by atoms with Crippen molar-refractivity contribution in [2.45, 2.75) is 26.7 Å². The number of benzene rings is 3. The molecule has 1 N–H and O–H groups in total. The Morgan fingerprint density at radius 3 is 2.33 bits per heavy atom. The molecule has 1 heterocycles. The van der Waals surface area contributed by atoms with E-state index in [1.54, 1.807) is 10.9 Å². The Morgan fingerprint density at radius 2 is 1.64 bits per heavy atom. The summed E-state index contributed by atoms with van der Waals surface area (Å²) in [5.74, 6) is 1.11. The highest BCUT2D eigenvalue weighted by Crippen LogP contribution is 2.25. The van der Waals surface area contributed by atoms with E-state index < -0.39 is 0 Å². The molecule has 0 radical (unpaired) electrons. The van der Waals surface area contributed by atoms with Crippen LogP contribution in [-0.2, 0) is 11.2 Å². The average molecular weight is 483 g/mol. The molecule has 0 saturated carbocycles. The minimum Gasteiger partial charge on any atom is -0.494 e.